The molecule has 10 aromatic rings. The molecule has 8 amide bonds. The zero-order valence-electron chi connectivity index (χ0n) is 86.5. The van der Waals surface area contributed by atoms with E-state index in [4.69, 9.17) is 0 Å². The van der Waals surface area contributed by atoms with Gasteiger partial charge in [-0.3, -0.25) is 57.5 Å². The van der Waals surface area contributed by atoms with E-state index >= 15 is 0 Å². The summed E-state index contributed by atoms with van der Waals surface area (Å²) in [5, 5.41) is 47.1. The summed E-state index contributed by atoms with van der Waals surface area (Å²) in [5.74, 6) is -3.40. The van der Waals surface area contributed by atoms with Gasteiger partial charge in [0.2, 0.25) is 35.4 Å². The van der Waals surface area contributed by atoms with Gasteiger partial charge in [-0.25, -0.2) is 24.3 Å². The predicted molar refractivity (Wildman–Crippen MR) is 570 cm³/mol. The molecule has 0 aliphatic carbocycles. The predicted octanol–water partition coefficient (Wildman–Crippen LogP) is 16.4. The molecule has 6 N–H and O–H groups in total. The highest BCUT2D eigenvalue weighted by Gasteiger charge is 2.51. The Kier molecular flexibility index (Phi) is 37.9. The minimum atomic E-state index is -0.823. The number of rotatable bonds is 34. The van der Waals surface area contributed by atoms with E-state index in [1.165, 1.54) is 36.6 Å². The number of benzene rings is 6. The molecular weight excluding hydrogens is 1940 g/mol. The highest BCUT2D eigenvalue weighted by atomic mass is 32.1. The largest absolute Gasteiger partial charge is 0.391 e. The van der Waals surface area contributed by atoms with Crippen LogP contribution in [0.5, 0.6) is 0 Å². The second-order valence-corrected chi connectivity index (χ2v) is 45.3. The van der Waals surface area contributed by atoms with E-state index in [2.05, 4.69) is 37.1 Å². The van der Waals surface area contributed by atoms with E-state index in [9.17, 15) is 82.4 Å². The van der Waals surface area contributed by atoms with Gasteiger partial charge in [-0.1, -0.05) is 211 Å². The van der Waals surface area contributed by atoms with Crippen LogP contribution in [0.1, 0.15) is 231 Å². The molecule has 147 heavy (non-hydrogen) atoms. The lowest BCUT2D eigenvalue weighted by Crippen LogP contribution is -2.56. The van der Waals surface area contributed by atoms with Crippen molar-refractivity contribution in [1.82, 2.24) is 60.0 Å². The number of fused-ring (bicyclic) bond motifs is 2. The van der Waals surface area contributed by atoms with E-state index in [1.54, 1.807) is 80.9 Å². The maximum Gasteiger partial charge on any atom is 0.255 e. The van der Waals surface area contributed by atoms with Crippen LogP contribution in [0.25, 0.3) is 47.8 Å². The standard InChI is InChI=1S/C31H33N3O4S.C30H32FN3O4S.C27H37N3O4S.C26H35N3O4S/c1-4-25-29(39-18-32-25)21-12-9-20(10-13-21)11-14-27(36)26-15-23(35)17-33(26)31(38)28(19(2)3)34-16-22-7-5-6-8-24(22)30(34)37;1-17(2)27(34-14-21-9-10-22(31)12-24(21)29(34)37)30(38)33-15-23(35)13-25(33)26(36)11-6-19-4-7-20(8-5-19)28-18(3)32-16-39-28;1-6-7-23(33)29-25(27(3,4)5)26(34)30-15-20(31)14-21(30)22(32)13-10-18-8-11-19(12-9-18)24-17(2)28-16-35-24;1-6-22(32)28-24(26(3,4)5)25(33)29-14-19(30)13-20(29)21(31)12-9-17-7-10-18(11-8-17)23-16(2)27-15-34-23/h4-10,12-13,18-19,23,26,28,35H,1,11,14-17H2,2-3H3;4-5,7-10,12,16-17,23,25,27,35H,6,11,13-15H2,1-3H3;8-9,11-12,16,20-21,25,31H,6-7,10,13-15H2,1-5H3,(H,29,33);7-8,10-11,15,19-20,24,30H,6,9,12-14H2,1-5H3,(H,28,32)/t23-,26+,28+;23-,25+,27+;20-,21+,25-;19-,20+,24-/m1111/s1. The van der Waals surface area contributed by atoms with Gasteiger partial charge in [0, 0.05) is 115 Å². The fourth-order valence-electron chi connectivity index (χ4n) is 20.1. The number of nitrogens with one attached hydrogen (secondary N) is 2. The fraction of sp³-hybridized carbons (Fsp3) is 0.456. The quantitative estimate of drug-likeness (QED) is 0.0218. The Bertz CT molecular complexity index is 6380. The molecule has 6 aliphatic rings. The van der Waals surface area contributed by atoms with Gasteiger partial charge in [0.1, 0.15) is 30.0 Å². The maximum absolute atomic E-state index is 13.9. The molecule has 6 aliphatic heterocycles. The van der Waals surface area contributed by atoms with Crippen molar-refractivity contribution in [3.63, 3.8) is 0 Å². The first kappa shape index (κ1) is 112. The Hall–Kier alpha value is -12.2. The molecule has 4 saturated heterocycles. The van der Waals surface area contributed by atoms with Crippen molar-refractivity contribution in [3.8, 4) is 41.8 Å². The molecule has 780 valence electrons. The number of aliphatic hydroxyl groups is 4. The first-order valence-corrected chi connectivity index (χ1v) is 54.2. The van der Waals surface area contributed by atoms with Crippen molar-refractivity contribution < 1.29 is 82.4 Å². The number of carbonyl (C=O) groups is 12. The number of hydrogen-bond acceptors (Lipinski definition) is 24. The number of Topliss-reactive ketones (excluding diaryl/α,β-unsaturated/α-hetero) is 4. The molecule has 0 saturated carbocycles. The number of amides is 8. The highest BCUT2D eigenvalue weighted by Crippen LogP contribution is 2.39. The SMILES string of the molecule is C=Cc1ncsc1-c1ccc(CCC(=O)[C@@H]2C[C@@H](O)CN2C(=O)[C@H](C(C)C)N2Cc3ccccc3C2=O)cc1.CCC(=O)N[C@H](C(=O)N1C[C@H](O)C[C@H]1C(=O)CCc1ccc(-c2scnc2C)cc1)C(C)(C)C.CCCC(=O)N[C@H](C(=O)N1C[C@H](O)C[C@H]1C(=O)CCc1ccc(-c2scnc2C)cc1)C(C)(C)C.Cc1ncsc1-c1ccc(CCC(=O)[C@@H]2C[C@@H](O)CN2C(=O)[C@H](C(C)C)N2Cc3ccc(F)cc3C2=O)cc1. The zero-order valence-corrected chi connectivity index (χ0v) is 89.7. The van der Waals surface area contributed by atoms with E-state index in [1.807, 2.05) is 229 Å². The average molecular weight is 2080 g/mol. The lowest BCUT2D eigenvalue weighted by molar-refractivity contribution is -0.143. The molecule has 28 nitrogen and oxygen atoms in total. The molecule has 0 radical (unpaired) electrons. The number of aryl methyl sites for hydroxylation is 7. The van der Waals surface area contributed by atoms with Crippen molar-refractivity contribution >= 4 is 122 Å². The van der Waals surface area contributed by atoms with Crippen LogP contribution in [0.3, 0.4) is 0 Å². The van der Waals surface area contributed by atoms with Crippen molar-refractivity contribution in [1.29, 1.82) is 0 Å². The third kappa shape index (κ3) is 27.5. The zero-order chi connectivity index (χ0) is 106. The summed E-state index contributed by atoms with van der Waals surface area (Å²) in [6.07, 6.45) is 4.07. The number of halogens is 1. The van der Waals surface area contributed by atoms with Crippen LogP contribution in [0.2, 0.25) is 0 Å². The molecule has 0 unspecified atom stereocenters. The van der Waals surface area contributed by atoms with Crippen LogP contribution >= 0.6 is 45.3 Å². The lowest BCUT2D eigenvalue weighted by atomic mass is 9.85. The van der Waals surface area contributed by atoms with Gasteiger partial charge in [-0.2, -0.15) is 0 Å². The smallest absolute Gasteiger partial charge is 0.255 e. The van der Waals surface area contributed by atoms with E-state index in [0.29, 0.717) is 56.2 Å². The average Bonchev–Trinajstić information content (AvgIpc) is 1.62. The Labute approximate surface area is 876 Å². The second-order valence-electron chi connectivity index (χ2n) is 41.8. The maximum atomic E-state index is 13.9. The summed E-state index contributed by atoms with van der Waals surface area (Å²) in [4.78, 5) is 189. The third-order valence-corrected chi connectivity index (χ3v) is 31.9. The number of ketones is 4. The van der Waals surface area contributed by atoms with Gasteiger partial charge < -0.3 is 60.5 Å². The van der Waals surface area contributed by atoms with Crippen LogP contribution in [0.15, 0.2) is 168 Å². The van der Waals surface area contributed by atoms with Crippen molar-refractivity contribution in [3.05, 3.63) is 241 Å². The van der Waals surface area contributed by atoms with Crippen LogP contribution < -0.4 is 10.6 Å². The van der Waals surface area contributed by atoms with Gasteiger partial charge in [0.05, 0.1) is 113 Å². The number of β-amino-alcohol motifs (C(OH)–C–C–N with tert-alkyl or cyclic N) is 4. The number of nitrogens with zero attached hydrogens (tertiary/aromatic N) is 10. The molecule has 10 heterocycles. The van der Waals surface area contributed by atoms with E-state index in [0.717, 1.165) is 92.4 Å². The third-order valence-electron chi connectivity index (χ3n) is 28.1. The van der Waals surface area contributed by atoms with Crippen LogP contribution in [0.4, 0.5) is 4.39 Å². The van der Waals surface area contributed by atoms with Crippen LogP contribution in [-0.2, 0) is 86.7 Å². The summed E-state index contributed by atoms with van der Waals surface area (Å²) in [6.45, 7) is 33.2. The van der Waals surface area contributed by atoms with Gasteiger partial charge in [0.15, 0.2) is 23.1 Å². The number of likely N-dealkylation sites (tertiary alicyclic amines) is 4. The molecular formula is C114H137FN12O16S4. The number of carbonyl (C=O) groups excluding carboxylic acids is 12. The molecule has 0 bridgehead atoms. The Morgan fingerprint density at radius 1 is 0.422 bits per heavy atom. The molecule has 16 rings (SSSR count). The van der Waals surface area contributed by atoms with E-state index < -0.39 is 95.3 Å². The number of hydrogen-bond donors (Lipinski definition) is 6. The minimum absolute atomic E-state index is 0.0466. The summed E-state index contributed by atoms with van der Waals surface area (Å²) in [5.41, 5.74) is 21.0. The summed E-state index contributed by atoms with van der Waals surface area (Å²) in [7, 11) is 0. The van der Waals surface area contributed by atoms with Crippen molar-refractivity contribution in [2.24, 2.45) is 22.7 Å². The Morgan fingerprint density at radius 3 is 1.05 bits per heavy atom. The van der Waals surface area contributed by atoms with Gasteiger partial charge in [0.25, 0.3) is 11.8 Å². The molecule has 4 aromatic heterocycles. The van der Waals surface area contributed by atoms with Gasteiger partial charge in [-0.15, -0.1) is 45.3 Å². The summed E-state index contributed by atoms with van der Waals surface area (Å²) >= 11 is 6.36. The monoisotopic (exact) mass is 2080 g/mol. The molecule has 33 heteroatoms. The second kappa shape index (κ2) is 49.7. The van der Waals surface area contributed by atoms with Crippen molar-refractivity contribution in [2.75, 3.05) is 26.2 Å². The number of aliphatic hydroxyl groups excluding tert-OH is 4. The van der Waals surface area contributed by atoms with E-state index in [-0.39, 0.29) is 172 Å². The number of aromatic nitrogens is 4. The fourth-order valence-corrected chi connectivity index (χ4v) is 23.3. The minimum Gasteiger partial charge on any atom is -0.391 e. The van der Waals surface area contributed by atoms with Crippen LogP contribution in [0, 0.1) is 49.3 Å². The van der Waals surface area contributed by atoms with Gasteiger partial charge >= 0.3 is 0 Å². The topological polar surface area (TPSA) is 381 Å². The molecule has 6 aromatic carbocycles. The molecule has 0 spiro atoms. The first-order valence-electron chi connectivity index (χ1n) is 50.7. The normalized spacial score (nSPS) is 19.3. The Morgan fingerprint density at radius 2 is 0.735 bits per heavy atom. The van der Waals surface area contributed by atoms with Crippen LogP contribution in [-0.4, -0.2) is 239 Å². The number of thiazole rings is 4. The lowest BCUT2D eigenvalue weighted by Gasteiger charge is -2.35. The summed E-state index contributed by atoms with van der Waals surface area (Å²) < 4.78 is 13.8. The molecule has 4 fully saturated rings. The van der Waals surface area contributed by atoms with Crippen molar-refractivity contribution in [2.45, 2.75) is 286 Å². The molecule has 12 atom stereocenters. The summed E-state index contributed by atoms with van der Waals surface area (Å²) in [6, 6.07) is 38.0. The highest BCUT2D eigenvalue weighted by molar-refractivity contribution is 7.14. The van der Waals surface area contributed by atoms with Gasteiger partial charge in [-0.05, 0) is 155 Å². The first-order chi connectivity index (χ1) is 69.9. The Balaban J connectivity index is 0.000000164.